The summed E-state index contributed by atoms with van der Waals surface area (Å²) in [6.45, 7) is 8.40. The molecule has 0 rings (SSSR count). The molecule has 2 nitrogen and oxygen atoms in total. The van der Waals surface area contributed by atoms with Crippen LogP contribution in [0.2, 0.25) is 0 Å². The van der Waals surface area contributed by atoms with Crippen molar-refractivity contribution in [1.82, 2.24) is 5.32 Å². The summed E-state index contributed by atoms with van der Waals surface area (Å²) in [5.74, 6) is 2.20. The molecule has 0 unspecified atom stereocenters. The molecule has 3 heteroatoms. The monoisotopic (exact) mass is 176 g/mol. The van der Waals surface area contributed by atoms with E-state index in [2.05, 4.69) is 26.1 Å². The quantitative estimate of drug-likeness (QED) is 0.595. The molecule has 0 bridgehead atoms. The second-order valence-corrected chi connectivity index (χ2v) is 4.50. The fraction of sp³-hybridized carbons (Fsp3) is 1.00. The van der Waals surface area contributed by atoms with Crippen LogP contribution < -0.4 is 11.1 Å². The van der Waals surface area contributed by atoms with Crippen molar-refractivity contribution >= 4 is 11.8 Å². The van der Waals surface area contributed by atoms with Gasteiger partial charge in [-0.3, -0.25) is 0 Å². The molecule has 0 radical (unpaired) electrons. The maximum absolute atomic E-state index is 5.81. The van der Waals surface area contributed by atoms with Crippen molar-refractivity contribution in [2.75, 3.05) is 24.6 Å². The molecule has 11 heavy (non-hydrogen) atoms. The first-order valence-electron chi connectivity index (χ1n) is 4.13. The first-order chi connectivity index (χ1) is 5.06. The van der Waals surface area contributed by atoms with Gasteiger partial charge in [0.2, 0.25) is 0 Å². The average molecular weight is 176 g/mol. The molecule has 0 aliphatic heterocycles. The van der Waals surface area contributed by atoms with Gasteiger partial charge in [-0.1, -0.05) is 6.92 Å². The van der Waals surface area contributed by atoms with Gasteiger partial charge in [0.1, 0.15) is 0 Å². The van der Waals surface area contributed by atoms with E-state index in [0.29, 0.717) is 0 Å². The van der Waals surface area contributed by atoms with E-state index < -0.39 is 0 Å². The van der Waals surface area contributed by atoms with Crippen LogP contribution in [0.4, 0.5) is 0 Å². The molecule has 0 saturated carbocycles. The van der Waals surface area contributed by atoms with Crippen LogP contribution in [0.5, 0.6) is 0 Å². The SMILES string of the molecule is CCNCCSCC(C)(C)N. The van der Waals surface area contributed by atoms with Crippen LogP contribution in [-0.4, -0.2) is 30.1 Å². The summed E-state index contributed by atoms with van der Waals surface area (Å²) in [6.07, 6.45) is 0. The van der Waals surface area contributed by atoms with E-state index in [9.17, 15) is 0 Å². The number of hydrogen-bond donors (Lipinski definition) is 2. The van der Waals surface area contributed by atoms with E-state index in [-0.39, 0.29) is 5.54 Å². The summed E-state index contributed by atoms with van der Waals surface area (Å²) >= 11 is 1.91. The van der Waals surface area contributed by atoms with E-state index in [1.54, 1.807) is 0 Å². The average Bonchev–Trinajstić information content (AvgIpc) is 1.85. The largest absolute Gasteiger partial charge is 0.325 e. The van der Waals surface area contributed by atoms with Crippen LogP contribution in [0.3, 0.4) is 0 Å². The molecule has 0 fully saturated rings. The lowest BCUT2D eigenvalue weighted by Crippen LogP contribution is -2.35. The lowest BCUT2D eigenvalue weighted by atomic mass is 10.1. The second-order valence-electron chi connectivity index (χ2n) is 3.39. The fourth-order valence-electron chi connectivity index (χ4n) is 0.656. The minimum atomic E-state index is -0.0170. The summed E-state index contributed by atoms with van der Waals surface area (Å²) in [7, 11) is 0. The van der Waals surface area contributed by atoms with Crippen LogP contribution in [0.25, 0.3) is 0 Å². The Morgan fingerprint density at radius 2 is 2.09 bits per heavy atom. The molecule has 0 aromatic carbocycles. The Labute approximate surface area is 74.3 Å². The lowest BCUT2D eigenvalue weighted by Gasteiger charge is -2.17. The molecule has 0 amide bonds. The van der Waals surface area contributed by atoms with Crippen molar-refractivity contribution in [2.24, 2.45) is 5.73 Å². The van der Waals surface area contributed by atoms with Crippen LogP contribution in [-0.2, 0) is 0 Å². The maximum atomic E-state index is 5.81. The molecular weight excluding hydrogens is 156 g/mol. The number of nitrogens with two attached hydrogens (primary N) is 1. The Balaban J connectivity index is 3.02. The van der Waals surface area contributed by atoms with Crippen molar-refractivity contribution in [3.8, 4) is 0 Å². The lowest BCUT2D eigenvalue weighted by molar-refractivity contribution is 0.591. The number of hydrogen-bond acceptors (Lipinski definition) is 3. The molecular formula is C8H20N2S. The third-order valence-corrected chi connectivity index (χ3v) is 2.59. The van der Waals surface area contributed by atoms with Crippen LogP contribution in [0, 0.1) is 0 Å². The number of thioether (sulfide) groups is 1. The van der Waals surface area contributed by atoms with Gasteiger partial charge in [0.25, 0.3) is 0 Å². The number of nitrogens with one attached hydrogen (secondary N) is 1. The molecule has 68 valence electrons. The summed E-state index contributed by atoms with van der Waals surface area (Å²) in [4.78, 5) is 0. The highest BCUT2D eigenvalue weighted by molar-refractivity contribution is 7.99. The topological polar surface area (TPSA) is 38.0 Å². The van der Waals surface area contributed by atoms with Gasteiger partial charge in [0, 0.05) is 23.6 Å². The minimum Gasteiger partial charge on any atom is -0.325 e. The van der Waals surface area contributed by atoms with E-state index in [0.717, 1.165) is 24.6 Å². The van der Waals surface area contributed by atoms with E-state index in [1.807, 2.05) is 11.8 Å². The third kappa shape index (κ3) is 10.3. The van der Waals surface area contributed by atoms with E-state index in [4.69, 9.17) is 5.73 Å². The van der Waals surface area contributed by atoms with Gasteiger partial charge in [-0.25, -0.2) is 0 Å². The summed E-state index contributed by atoms with van der Waals surface area (Å²) in [5, 5.41) is 3.27. The van der Waals surface area contributed by atoms with Crippen molar-refractivity contribution in [1.29, 1.82) is 0 Å². The first kappa shape index (κ1) is 11.3. The highest BCUT2D eigenvalue weighted by Gasteiger charge is 2.08. The molecule has 0 aromatic rings. The van der Waals surface area contributed by atoms with Crippen LogP contribution >= 0.6 is 11.8 Å². The van der Waals surface area contributed by atoms with Gasteiger partial charge in [-0.2, -0.15) is 11.8 Å². The summed E-state index contributed by atoms with van der Waals surface area (Å²) in [6, 6.07) is 0. The maximum Gasteiger partial charge on any atom is 0.0188 e. The Bertz CT molecular complexity index is 88.6. The summed E-state index contributed by atoms with van der Waals surface area (Å²) in [5.41, 5.74) is 5.79. The molecule has 0 atom stereocenters. The predicted octanol–water partition coefficient (Wildman–Crippen LogP) is 1.07. The van der Waals surface area contributed by atoms with Gasteiger partial charge in [-0.15, -0.1) is 0 Å². The zero-order chi connectivity index (χ0) is 8.74. The number of rotatable bonds is 6. The smallest absolute Gasteiger partial charge is 0.0188 e. The van der Waals surface area contributed by atoms with Gasteiger partial charge < -0.3 is 11.1 Å². The normalized spacial score (nSPS) is 12.0. The van der Waals surface area contributed by atoms with E-state index in [1.165, 1.54) is 0 Å². The van der Waals surface area contributed by atoms with Gasteiger partial charge in [0.15, 0.2) is 0 Å². The van der Waals surface area contributed by atoms with E-state index >= 15 is 0 Å². The van der Waals surface area contributed by atoms with Gasteiger partial charge in [-0.05, 0) is 20.4 Å². The zero-order valence-electron chi connectivity index (χ0n) is 7.81. The standard InChI is InChI=1S/C8H20N2S/c1-4-10-5-6-11-7-8(2,3)9/h10H,4-7,9H2,1-3H3. The molecule has 0 heterocycles. The van der Waals surface area contributed by atoms with Crippen LogP contribution in [0.15, 0.2) is 0 Å². The Hall–Kier alpha value is 0.270. The Morgan fingerprint density at radius 1 is 1.45 bits per heavy atom. The minimum absolute atomic E-state index is 0.0170. The van der Waals surface area contributed by atoms with Crippen molar-refractivity contribution in [2.45, 2.75) is 26.3 Å². The molecule has 3 N–H and O–H groups in total. The Morgan fingerprint density at radius 3 is 2.55 bits per heavy atom. The molecule has 0 aliphatic rings. The van der Waals surface area contributed by atoms with Crippen molar-refractivity contribution in [3.63, 3.8) is 0 Å². The second kappa shape index (κ2) is 5.86. The van der Waals surface area contributed by atoms with Gasteiger partial charge in [0.05, 0.1) is 0 Å². The predicted molar refractivity (Wildman–Crippen MR) is 54.1 cm³/mol. The van der Waals surface area contributed by atoms with Gasteiger partial charge >= 0.3 is 0 Å². The third-order valence-electron chi connectivity index (χ3n) is 1.15. The fourth-order valence-corrected chi connectivity index (χ4v) is 1.62. The Kier molecular flexibility index (Phi) is 6.01. The van der Waals surface area contributed by atoms with Crippen molar-refractivity contribution < 1.29 is 0 Å². The molecule has 0 aromatic heterocycles. The first-order valence-corrected chi connectivity index (χ1v) is 5.29. The molecule has 0 spiro atoms. The highest BCUT2D eigenvalue weighted by atomic mass is 32.2. The van der Waals surface area contributed by atoms with Crippen molar-refractivity contribution in [3.05, 3.63) is 0 Å². The molecule has 0 aliphatic carbocycles. The highest BCUT2D eigenvalue weighted by Crippen LogP contribution is 2.08. The molecule has 0 saturated heterocycles. The summed E-state index contributed by atoms with van der Waals surface area (Å²) < 4.78 is 0. The van der Waals surface area contributed by atoms with Crippen LogP contribution in [0.1, 0.15) is 20.8 Å². The zero-order valence-corrected chi connectivity index (χ0v) is 8.63.